The summed E-state index contributed by atoms with van der Waals surface area (Å²) in [6, 6.07) is 0. The molecule has 0 spiro atoms. The number of ether oxygens (including phenoxy) is 1. The summed E-state index contributed by atoms with van der Waals surface area (Å²) in [7, 11) is 0. The fourth-order valence-electron chi connectivity index (χ4n) is 1.02. The molecule has 0 aromatic heterocycles. The summed E-state index contributed by atoms with van der Waals surface area (Å²) in [5.74, 6) is -0.351. The maximum absolute atomic E-state index is 10.3. The second kappa shape index (κ2) is 41.2. The largest absolute Gasteiger partial charge is 0.463 e. The Morgan fingerprint density at radius 1 is 1.11 bits per heavy atom. The van der Waals surface area contributed by atoms with E-state index in [1.807, 2.05) is 0 Å². The van der Waals surface area contributed by atoms with E-state index in [2.05, 4.69) is 75.4 Å². The fraction of sp³-hybridized carbons (Fsp3) is 0.700. The number of carbonyl (C=O) groups excluding carboxylic acids is 2. The summed E-state index contributed by atoms with van der Waals surface area (Å²) in [4.78, 5) is 22.2. The molecule has 0 saturated heterocycles. The second-order valence-electron chi connectivity index (χ2n) is 4.31. The molecule has 0 aromatic carbocycles. The van der Waals surface area contributed by atoms with Crippen molar-refractivity contribution in [1.29, 1.82) is 0 Å². The number of halogens is 3. The Kier molecular flexibility index (Phi) is 51.9. The number of hydrogen-bond donors (Lipinski definition) is 1. The Morgan fingerprint density at radius 2 is 1.50 bits per heavy atom. The van der Waals surface area contributed by atoms with Gasteiger partial charge in [0.25, 0.3) is 0 Å². The molecule has 5 nitrogen and oxygen atoms in total. The molecule has 0 atom stereocenters. The van der Waals surface area contributed by atoms with Gasteiger partial charge in [-0.25, -0.2) is 4.79 Å². The summed E-state index contributed by atoms with van der Waals surface area (Å²) < 4.78 is 10.9. The van der Waals surface area contributed by atoms with Crippen LogP contribution < -0.4 is 0 Å². The number of esters is 1. The van der Waals surface area contributed by atoms with Crippen molar-refractivity contribution >= 4 is 54.7 Å². The molecule has 1 N–H and O–H groups in total. The molecule has 0 bridgehead atoms. The molecule has 170 valence electrons. The standard InChI is InChI=1S/C6H9BrO2.C6H15N.C3H7BrO.C3H3ClO.C2H6/c1-2-6(8)9-5-3-4-7;1-4-7(5-2)6-3;4-2-1-3-5;1-2-3(4)5;1-2/h2H,1,3-5H2;4-6H2,1-3H3;5H,1-3H2;2H,1H2;1-2H3/i;;;;1D. The third-order valence-corrected chi connectivity index (χ3v) is 3.76. The Bertz CT molecular complexity index is 341. The van der Waals surface area contributed by atoms with Gasteiger partial charge in [-0.3, -0.25) is 4.79 Å². The Morgan fingerprint density at radius 3 is 1.64 bits per heavy atom. The average molecular weight is 555 g/mol. The van der Waals surface area contributed by atoms with Crippen molar-refractivity contribution in [2.24, 2.45) is 0 Å². The lowest BCUT2D eigenvalue weighted by atomic mass is 10.5. The van der Waals surface area contributed by atoms with E-state index in [0.717, 1.165) is 35.7 Å². The van der Waals surface area contributed by atoms with Gasteiger partial charge in [0.1, 0.15) is 0 Å². The highest BCUT2D eigenvalue weighted by Crippen LogP contribution is 1.89. The van der Waals surface area contributed by atoms with Crippen LogP contribution in [0.25, 0.3) is 0 Å². The summed E-state index contributed by atoms with van der Waals surface area (Å²) in [6.45, 7) is 19.5. The van der Waals surface area contributed by atoms with E-state index in [-0.39, 0.29) is 5.97 Å². The molecule has 0 radical (unpaired) electrons. The maximum atomic E-state index is 10.3. The van der Waals surface area contributed by atoms with Crippen LogP contribution in [-0.4, -0.2) is 64.7 Å². The molecule has 0 amide bonds. The average Bonchev–Trinajstić information content (AvgIpc) is 2.72. The number of rotatable bonds is 10. The van der Waals surface area contributed by atoms with E-state index >= 15 is 0 Å². The van der Waals surface area contributed by atoms with Crippen LogP contribution in [0.3, 0.4) is 0 Å². The molecule has 28 heavy (non-hydrogen) atoms. The second-order valence-corrected chi connectivity index (χ2v) is 6.27. The van der Waals surface area contributed by atoms with Crippen LogP contribution >= 0.6 is 43.5 Å². The summed E-state index contributed by atoms with van der Waals surface area (Å²) >= 11 is 11.1. The predicted molar refractivity (Wildman–Crippen MR) is 131 cm³/mol. The van der Waals surface area contributed by atoms with Gasteiger partial charge >= 0.3 is 5.97 Å². The van der Waals surface area contributed by atoms with Gasteiger partial charge in [-0.15, -0.1) is 0 Å². The Balaban J connectivity index is -0.0000000866. The first-order chi connectivity index (χ1) is 13.8. The van der Waals surface area contributed by atoms with E-state index in [1.165, 1.54) is 19.6 Å². The van der Waals surface area contributed by atoms with Crippen molar-refractivity contribution in [2.45, 2.75) is 47.4 Å². The lowest BCUT2D eigenvalue weighted by Crippen LogP contribution is -2.21. The number of hydrogen-bond acceptors (Lipinski definition) is 5. The van der Waals surface area contributed by atoms with Gasteiger partial charge in [0, 0.05) is 24.7 Å². The lowest BCUT2D eigenvalue weighted by Gasteiger charge is -2.13. The summed E-state index contributed by atoms with van der Waals surface area (Å²) in [6.07, 6.45) is 3.91. The van der Waals surface area contributed by atoms with E-state index in [4.69, 9.17) is 18.1 Å². The number of allylic oxidation sites excluding steroid dienone is 1. The zero-order valence-corrected chi connectivity index (χ0v) is 21.8. The third kappa shape index (κ3) is 56.2. The number of carbonyl (C=O) groups is 2. The molecular weight excluding hydrogens is 513 g/mol. The van der Waals surface area contributed by atoms with Crippen LogP contribution in [0.5, 0.6) is 0 Å². The monoisotopic (exact) mass is 552 g/mol. The van der Waals surface area contributed by atoms with Gasteiger partial charge in [-0.05, 0) is 50.2 Å². The topological polar surface area (TPSA) is 66.8 Å². The SMILES string of the molecule is C=CC(=O)Cl.C=CC(=O)OCCCBr.CCN(CC)CC.OCCCBr.[2H]CC. The normalized spacial score (nSPS) is 8.68. The van der Waals surface area contributed by atoms with Gasteiger partial charge in [0.05, 0.1) is 6.61 Å². The minimum absolute atomic E-state index is 0.297. The molecule has 0 aliphatic rings. The van der Waals surface area contributed by atoms with Crippen LogP contribution in [0, 0.1) is 0 Å². The fourth-order valence-corrected chi connectivity index (χ4v) is 1.50. The van der Waals surface area contributed by atoms with Crippen molar-refractivity contribution in [1.82, 2.24) is 4.90 Å². The molecule has 0 rings (SSSR count). The number of aliphatic hydroxyl groups excluding tert-OH is 1. The van der Waals surface area contributed by atoms with Gasteiger partial charge in [0.15, 0.2) is 0 Å². The van der Waals surface area contributed by atoms with E-state index in [0.29, 0.717) is 20.1 Å². The molecule has 8 heteroatoms. The minimum Gasteiger partial charge on any atom is -0.463 e. The molecule has 0 saturated carbocycles. The zero-order chi connectivity index (χ0) is 23.9. The van der Waals surface area contributed by atoms with E-state index < -0.39 is 5.24 Å². The van der Waals surface area contributed by atoms with Gasteiger partial charge in [-0.1, -0.05) is 79.6 Å². The van der Waals surface area contributed by atoms with Crippen LogP contribution in [0.2, 0.25) is 0 Å². The van der Waals surface area contributed by atoms with Crippen molar-refractivity contribution in [3.05, 3.63) is 25.3 Å². The van der Waals surface area contributed by atoms with Crippen molar-refractivity contribution in [3.8, 4) is 0 Å². The molecule has 0 heterocycles. The maximum Gasteiger partial charge on any atom is 0.330 e. The van der Waals surface area contributed by atoms with E-state index in [1.54, 1.807) is 6.92 Å². The van der Waals surface area contributed by atoms with Crippen LogP contribution in [0.1, 0.15) is 48.8 Å². The van der Waals surface area contributed by atoms with Crippen molar-refractivity contribution in [2.75, 3.05) is 43.5 Å². The predicted octanol–water partition coefficient (Wildman–Crippen LogP) is 5.58. The Labute approximate surface area is 196 Å². The third-order valence-electron chi connectivity index (χ3n) is 2.48. The highest BCUT2D eigenvalue weighted by Gasteiger charge is 1.91. The molecule has 0 unspecified atom stereocenters. The lowest BCUT2D eigenvalue weighted by molar-refractivity contribution is -0.137. The molecule has 0 aromatic rings. The zero-order valence-electron chi connectivity index (χ0n) is 18.9. The molecular formula is C20H40Br2ClNO4. The van der Waals surface area contributed by atoms with E-state index in [9.17, 15) is 9.59 Å². The van der Waals surface area contributed by atoms with Crippen molar-refractivity contribution < 1.29 is 20.8 Å². The van der Waals surface area contributed by atoms with Gasteiger partial charge in [0.2, 0.25) is 5.24 Å². The smallest absolute Gasteiger partial charge is 0.330 e. The quantitative estimate of drug-likeness (QED) is 0.126. The highest BCUT2D eigenvalue weighted by molar-refractivity contribution is 9.09. The van der Waals surface area contributed by atoms with Crippen molar-refractivity contribution in [3.63, 3.8) is 0 Å². The Hall–Kier alpha value is -0.210. The number of aliphatic hydroxyl groups is 1. The van der Waals surface area contributed by atoms with Crippen LogP contribution in [0.15, 0.2) is 25.3 Å². The minimum atomic E-state index is -0.509. The first-order valence-electron chi connectivity index (χ1n) is 9.82. The first-order valence-corrected chi connectivity index (χ1v) is 11.7. The molecule has 0 aliphatic carbocycles. The highest BCUT2D eigenvalue weighted by atomic mass is 79.9. The summed E-state index contributed by atoms with van der Waals surface area (Å²) in [5.41, 5.74) is 0. The van der Waals surface area contributed by atoms with Gasteiger partial charge in [-0.2, -0.15) is 0 Å². The number of nitrogens with zero attached hydrogens (tertiary/aromatic N) is 1. The van der Waals surface area contributed by atoms with Crippen LogP contribution in [0.4, 0.5) is 0 Å². The summed E-state index contributed by atoms with van der Waals surface area (Å²) in [5, 5.41) is 9.29. The van der Waals surface area contributed by atoms with Gasteiger partial charge < -0.3 is 14.7 Å². The van der Waals surface area contributed by atoms with Crippen LogP contribution in [-0.2, 0) is 14.3 Å². The first kappa shape index (κ1) is 35.2. The molecule has 0 aliphatic heterocycles. The number of alkyl halides is 2. The molecule has 0 fully saturated rings.